The van der Waals surface area contributed by atoms with Crippen LogP contribution in [0.1, 0.15) is 44.1 Å². The van der Waals surface area contributed by atoms with E-state index in [0.29, 0.717) is 0 Å². The summed E-state index contributed by atoms with van der Waals surface area (Å²) in [6.45, 7) is 0. The monoisotopic (exact) mass is 218 g/mol. The SMILES string of the molecule is COc1ccc(CCCC2CCCC2)cc1. The summed E-state index contributed by atoms with van der Waals surface area (Å²) >= 11 is 0. The molecule has 88 valence electrons. The third kappa shape index (κ3) is 3.26. The molecule has 1 fully saturated rings. The van der Waals surface area contributed by atoms with Gasteiger partial charge in [0.15, 0.2) is 0 Å². The maximum Gasteiger partial charge on any atom is 0.118 e. The highest BCUT2D eigenvalue weighted by Crippen LogP contribution is 2.29. The molecule has 0 bridgehead atoms. The summed E-state index contributed by atoms with van der Waals surface area (Å²) in [4.78, 5) is 0. The van der Waals surface area contributed by atoms with E-state index in [-0.39, 0.29) is 0 Å². The number of benzene rings is 1. The number of hydrogen-bond donors (Lipinski definition) is 0. The lowest BCUT2D eigenvalue weighted by molar-refractivity contribution is 0.414. The Labute approximate surface area is 98.8 Å². The van der Waals surface area contributed by atoms with E-state index >= 15 is 0 Å². The van der Waals surface area contributed by atoms with Crippen LogP contribution in [-0.2, 0) is 6.42 Å². The first kappa shape index (κ1) is 11.5. The molecule has 0 N–H and O–H groups in total. The average Bonchev–Trinajstić information content (AvgIpc) is 2.83. The minimum absolute atomic E-state index is 0.958. The molecule has 0 spiro atoms. The van der Waals surface area contributed by atoms with Crippen LogP contribution in [0.5, 0.6) is 5.75 Å². The molecule has 1 heteroatoms. The zero-order valence-electron chi connectivity index (χ0n) is 10.2. The van der Waals surface area contributed by atoms with Gasteiger partial charge in [-0.2, -0.15) is 0 Å². The van der Waals surface area contributed by atoms with Crippen LogP contribution in [0.3, 0.4) is 0 Å². The van der Waals surface area contributed by atoms with Crippen molar-refractivity contribution in [3.05, 3.63) is 29.8 Å². The fourth-order valence-corrected chi connectivity index (χ4v) is 2.69. The molecule has 1 aromatic carbocycles. The van der Waals surface area contributed by atoms with Crippen LogP contribution in [0, 0.1) is 5.92 Å². The van der Waals surface area contributed by atoms with Crippen LogP contribution >= 0.6 is 0 Å². The first-order chi connectivity index (χ1) is 7.88. The highest BCUT2D eigenvalue weighted by Gasteiger charge is 2.13. The highest BCUT2D eigenvalue weighted by molar-refractivity contribution is 5.27. The smallest absolute Gasteiger partial charge is 0.118 e. The predicted octanol–water partition coefficient (Wildman–Crippen LogP) is 4.21. The minimum Gasteiger partial charge on any atom is -0.497 e. The molecule has 1 aliphatic rings. The Balaban J connectivity index is 1.71. The van der Waals surface area contributed by atoms with Crippen molar-refractivity contribution in [1.82, 2.24) is 0 Å². The quantitative estimate of drug-likeness (QED) is 0.719. The standard InChI is InChI=1S/C15H22O/c1-16-15-11-9-14(10-12-15)8-4-7-13-5-2-3-6-13/h9-13H,2-8H2,1H3. The molecule has 1 saturated carbocycles. The van der Waals surface area contributed by atoms with Gasteiger partial charge in [0.1, 0.15) is 5.75 Å². The van der Waals surface area contributed by atoms with Crippen molar-refractivity contribution < 1.29 is 4.74 Å². The zero-order valence-corrected chi connectivity index (χ0v) is 10.2. The largest absolute Gasteiger partial charge is 0.497 e. The number of hydrogen-bond acceptors (Lipinski definition) is 1. The molecule has 1 aliphatic carbocycles. The highest BCUT2D eigenvalue weighted by atomic mass is 16.5. The normalized spacial score (nSPS) is 16.6. The second kappa shape index (κ2) is 5.93. The van der Waals surface area contributed by atoms with E-state index in [1.807, 2.05) is 0 Å². The Morgan fingerprint density at radius 2 is 1.81 bits per heavy atom. The molecule has 0 aromatic heterocycles. The van der Waals surface area contributed by atoms with E-state index in [0.717, 1.165) is 11.7 Å². The van der Waals surface area contributed by atoms with Crippen molar-refractivity contribution in [2.24, 2.45) is 5.92 Å². The maximum absolute atomic E-state index is 5.15. The topological polar surface area (TPSA) is 9.23 Å². The number of rotatable bonds is 5. The van der Waals surface area contributed by atoms with Gasteiger partial charge in [-0.15, -0.1) is 0 Å². The van der Waals surface area contributed by atoms with Gasteiger partial charge in [-0.05, 0) is 36.5 Å². The second-order valence-electron chi connectivity index (χ2n) is 4.89. The molecule has 0 amide bonds. The Bertz CT molecular complexity index is 296. The molecular weight excluding hydrogens is 196 g/mol. The van der Waals surface area contributed by atoms with Gasteiger partial charge < -0.3 is 4.74 Å². The van der Waals surface area contributed by atoms with Gasteiger partial charge in [-0.1, -0.05) is 44.2 Å². The van der Waals surface area contributed by atoms with Gasteiger partial charge in [0, 0.05) is 0 Å². The van der Waals surface area contributed by atoms with Crippen molar-refractivity contribution in [2.45, 2.75) is 44.9 Å². The van der Waals surface area contributed by atoms with E-state index in [4.69, 9.17) is 4.74 Å². The van der Waals surface area contributed by atoms with Crippen LogP contribution in [0.4, 0.5) is 0 Å². The molecule has 0 unspecified atom stereocenters. The zero-order chi connectivity index (χ0) is 11.2. The summed E-state index contributed by atoms with van der Waals surface area (Å²) in [5.41, 5.74) is 1.44. The van der Waals surface area contributed by atoms with Crippen LogP contribution in [0.15, 0.2) is 24.3 Å². The fraction of sp³-hybridized carbons (Fsp3) is 0.600. The first-order valence-corrected chi connectivity index (χ1v) is 6.51. The summed E-state index contributed by atoms with van der Waals surface area (Å²) < 4.78 is 5.15. The molecule has 1 aromatic rings. The van der Waals surface area contributed by atoms with E-state index < -0.39 is 0 Å². The van der Waals surface area contributed by atoms with Crippen molar-refractivity contribution in [3.8, 4) is 5.75 Å². The molecule has 0 saturated heterocycles. The molecular formula is C15H22O. The molecule has 16 heavy (non-hydrogen) atoms. The van der Waals surface area contributed by atoms with Gasteiger partial charge in [-0.25, -0.2) is 0 Å². The third-order valence-corrected chi connectivity index (χ3v) is 3.71. The predicted molar refractivity (Wildman–Crippen MR) is 67.9 cm³/mol. The first-order valence-electron chi connectivity index (χ1n) is 6.51. The summed E-state index contributed by atoms with van der Waals surface area (Å²) in [5.74, 6) is 1.98. The van der Waals surface area contributed by atoms with Crippen molar-refractivity contribution in [3.63, 3.8) is 0 Å². The minimum atomic E-state index is 0.958. The Hall–Kier alpha value is -0.980. The molecule has 0 aliphatic heterocycles. The lowest BCUT2D eigenvalue weighted by Crippen LogP contribution is -1.95. The van der Waals surface area contributed by atoms with E-state index in [1.54, 1.807) is 7.11 Å². The van der Waals surface area contributed by atoms with E-state index in [1.165, 1.54) is 50.5 Å². The van der Waals surface area contributed by atoms with Gasteiger partial charge in [0.2, 0.25) is 0 Å². The molecule has 0 radical (unpaired) electrons. The van der Waals surface area contributed by atoms with E-state index in [9.17, 15) is 0 Å². The van der Waals surface area contributed by atoms with Gasteiger partial charge in [-0.3, -0.25) is 0 Å². The number of aryl methyl sites for hydroxylation is 1. The van der Waals surface area contributed by atoms with Crippen LogP contribution < -0.4 is 4.74 Å². The van der Waals surface area contributed by atoms with Gasteiger partial charge in [0.25, 0.3) is 0 Å². The average molecular weight is 218 g/mol. The lowest BCUT2D eigenvalue weighted by atomic mass is 9.98. The van der Waals surface area contributed by atoms with E-state index in [2.05, 4.69) is 24.3 Å². The summed E-state index contributed by atoms with van der Waals surface area (Å²) in [5, 5.41) is 0. The maximum atomic E-state index is 5.15. The fourth-order valence-electron chi connectivity index (χ4n) is 2.69. The Morgan fingerprint density at radius 1 is 1.12 bits per heavy atom. The van der Waals surface area contributed by atoms with Crippen LogP contribution in [0.2, 0.25) is 0 Å². The molecule has 0 atom stereocenters. The van der Waals surface area contributed by atoms with Crippen molar-refractivity contribution >= 4 is 0 Å². The summed E-state index contributed by atoms with van der Waals surface area (Å²) in [6, 6.07) is 8.50. The Morgan fingerprint density at radius 3 is 2.44 bits per heavy atom. The number of methoxy groups -OCH3 is 1. The molecule has 0 heterocycles. The summed E-state index contributed by atoms with van der Waals surface area (Å²) in [7, 11) is 1.72. The third-order valence-electron chi connectivity index (χ3n) is 3.71. The van der Waals surface area contributed by atoms with Crippen molar-refractivity contribution in [2.75, 3.05) is 7.11 Å². The van der Waals surface area contributed by atoms with Crippen molar-refractivity contribution in [1.29, 1.82) is 0 Å². The molecule has 1 nitrogen and oxygen atoms in total. The second-order valence-corrected chi connectivity index (χ2v) is 4.89. The molecule has 2 rings (SSSR count). The van der Waals surface area contributed by atoms with Gasteiger partial charge >= 0.3 is 0 Å². The van der Waals surface area contributed by atoms with Crippen LogP contribution in [-0.4, -0.2) is 7.11 Å². The Kier molecular flexibility index (Phi) is 4.26. The number of ether oxygens (including phenoxy) is 1. The summed E-state index contributed by atoms with van der Waals surface area (Å²) in [6.07, 6.45) is 9.87. The lowest BCUT2D eigenvalue weighted by Gasteiger charge is -2.08. The van der Waals surface area contributed by atoms with Gasteiger partial charge in [0.05, 0.1) is 7.11 Å². The van der Waals surface area contributed by atoms with Crippen LogP contribution in [0.25, 0.3) is 0 Å².